The number of benzene rings is 4. The summed E-state index contributed by atoms with van der Waals surface area (Å²) in [7, 11) is 0. The van der Waals surface area contributed by atoms with E-state index in [0.717, 1.165) is 35.1 Å². The molecule has 0 aliphatic heterocycles. The van der Waals surface area contributed by atoms with Crippen molar-refractivity contribution in [2.75, 3.05) is 12.0 Å². The molecule has 4 aromatic carbocycles. The van der Waals surface area contributed by atoms with Crippen LogP contribution in [0.3, 0.4) is 0 Å². The van der Waals surface area contributed by atoms with E-state index >= 15 is 0 Å². The van der Waals surface area contributed by atoms with Crippen molar-refractivity contribution < 1.29 is 35.0 Å². The van der Waals surface area contributed by atoms with E-state index in [1.807, 2.05) is 55.6 Å². The molecule has 39 heavy (non-hydrogen) atoms. The summed E-state index contributed by atoms with van der Waals surface area (Å²) in [6, 6.07) is 31.8. The standard InChI is InChI=1S/C33H33NO3S.Li.H/c1-23-10-6-8-14-27(23)30-22-24(17-19-29(30)32(35)34-31(33(36)37)20-21-38-2)16-18-26-13-7-9-15-28(26)25-11-4-3-5-12-25;;/h3-15,17,19,22,31H,16,18,20-21H2,1-2H3,(H,34,35)(H,36,37);;/q;+1;-1. The van der Waals surface area contributed by atoms with Gasteiger partial charge in [0.05, 0.1) is 0 Å². The number of aliphatic carboxylic acids is 1. The molecule has 0 radical (unpaired) electrons. The van der Waals surface area contributed by atoms with E-state index in [0.29, 0.717) is 17.7 Å². The molecule has 1 amide bonds. The summed E-state index contributed by atoms with van der Waals surface area (Å²) in [6.45, 7) is 2.03. The first kappa shape index (κ1) is 30.3. The molecule has 1 unspecified atom stereocenters. The van der Waals surface area contributed by atoms with Gasteiger partial charge in [-0.05, 0) is 83.2 Å². The van der Waals surface area contributed by atoms with Crippen LogP contribution in [-0.4, -0.2) is 35.0 Å². The van der Waals surface area contributed by atoms with Crippen LogP contribution in [0.5, 0.6) is 0 Å². The summed E-state index contributed by atoms with van der Waals surface area (Å²) in [5.74, 6) is -0.720. The van der Waals surface area contributed by atoms with Crippen molar-refractivity contribution in [3.63, 3.8) is 0 Å². The van der Waals surface area contributed by atoms with Crippen LogP contribution in [0.25, 0.3) is 22.3 Å². The minimum Gasteiger partial charge on any atom is -1.00 e. The second-order valence-corrected chi connectivity index (χ2v) is 10.3. The first-order valence-electron chi connectivity index (χ1n) is 12.8. The number of rotatable bonds is 11. The van der Waals surface area contributed by atoms with Crippen LogP contribution >= 0.6 is 11.8 Å². The number of hydrogen-bond acceptors (Lipinski definition) is 3. The van der Waals surface area contributed by atoms with E-state index in [1.165, 1.54) is 16.7 Å². The Kier molecular flexibility index (Phi) is 11.5. The van der Waals surface area contributed by atoms with E-state index < -0.39 is 12.0 Å². The predicted molar refractivity (Wildman–Crippen MR) is 159 cm³/mol. The number of carbonyl (C=O) groups excluding carboxylic acids is 1. The molecule has 4 nitrogen and oxygen atoms in total. The molecule has 0 saturated heterocycles. The van der Waals surface area contributed by atoms with Gasteiger partial charge in [-0.1, -0.05) is 91.0 Å². The number of carboxylic acid groups (broad SMARTS) is 1. The molecule has 0 aromatic heterocycles. The number of nitrogens with one attached hydrogen (secondary N) is 1. The minimum absolute atomic E-state index is 0. The maximum absolute atomic E-state index is 13.3. The molecule has 0 aliphatic carbocycles. The number of carboxylic acids is 1. The largest absolute Gasteiger partial charge is 1.00 e. The number of thioether (sulfide) groups is 1. The number of hydrogen-bond donors (Lipinski definition) is 2. The van der Waals surface area contributed by atoms with Crippen molar-refractivity contribution in [1.29, 1.82) is 0 Å². The van der Waals surface area contributed by atoms with Crippen molar-refractivity contribution in [2.45, 2.75) is 32.2 Å². The van der Waals surface area contributed by atoms with Crippen LogP contribution in [-0.2, 0) is 17.6 Å². The van der Waals surface area contributed by atoms with Crippen LogP contribution in [0.15, 0.2) is 97.1 Å². The van der Waals surface area contributed by atoms with Gasteiger partial charge in [-0.2, -0.15) is 11.8 Å². The second-order valence-electron chi connectivity index (χ2n) is 9.36. The SMILES string of the molecule is CSCCC(NC(=O)c1ccc(CCc2ccccc2-c2ccccc2)cc1-c1ccccc1C)C(=O)O.[H-].[Li+]. The third-order valence-corrected chi connectivity index (χ3v) is 7.41. The molecular weight excluding hydrogens is 497 g/mol. The van der Waals surface area contributed by atoms with Gasteiger partial charge in [0.15, 0.2) is 0 Å². The van der Waals surface area contributed by atoms with Gasteiger partial charge >= 0.3 is 24.8 Å². The molecule has 2 N–H and O–H groups in total. The summed E-state index contributed by atoms with van der Waals surface area (Å²) < 4.78 is 0. The average Bonchev–Trinajstić information content (AvgIpc) is 2.94. The summed E-state index contributed by atoms with van der Waals surface area (Å²) >= 11 is 1.56. The van der Waals surface area contributed by atoms with E-state index in [2.05, 4.69) is 59.9 Å². The van der Waals surface area contributed by atoms with Crippen LogP contribution in [0, 0.1) is 6.92 Å². The molecule has 0 aliphatic rings. The molecule has 4 aromatic rings. The molecule has 0 spiro atoms. The van der Waals surface area contributed by atoms with Crippen LogP contribution < -0.4 is 24.2 Å². The molecule has 6 heteroatoms. The molecule has 0 saturated carbocycles. The Morgan fingerprint density at radius 2 is 1.51 bits per heavy atom. The number of aryl methyl sites for hydroxylation is 3. The molecule has 0 bridgehead atoms. The Balaban J connectivity index is 0.00000280. The van der Waals surface area contributed by atoms with Crippen LogP contribution in [0.2, 0.25) is 0 Å². The first-order chi connectivity index (χ1) is 18.5. The van der Waals surface area contributed by atoms with Crippen LogP contribution in [0.1, 0.15) is 34.9 Å². The Morgan fingerprint density at radius 1 is 0.846 bits per heavy atom. The van der Waals surface area contributed by atoms with Crippen molar-refractivity contribution in [3.8, 4) is 22.3 Å². The van der Waals surface area contributed by atoms with E-state index in [4.69, 9.17) is 0 Å². The average molecular weight is 532 g/mol. The summed E-state index contributed by atoms with van der Waals surface area (Å²) in [5.41, 5.74) is 8.17. The van der Waals surface area contributed by atoms with Crippen molar-refractivity contribution in [2.24, 2.45) is 0 Å². The third kappa shape index (κ3) is 7.89. The van der Waals surface area contributed by atoms with Gasteiger partial charge < -0.3 is 11.8 Å². The van der Waals surface area contributed by atoms with Gasteiger partial charge in [-0.15, -0.1) is 0 Å². The minimum atomic E-state index is -1.02. The van der Waals surface area contributed by atoms with Gasteiger partial charge in [0, 0.05) is 5.56 Å². The van der Waals surface area contributed by atoms with Gasteiger partial charge in [-0.25, -0.2) is 4.79 Å². The Morgan fingerprint density at radius 3 is 2.21 bits per heavy atom. The fourth-order valence-corrected chi connectivity index (χ4v) is 5.16. The van der Waals surface area contributed by atoms with Gasteiger partial charge in [0.1, 0.15) is 6.04 Å². The topological polar surface area (TPSA) is 66.4 Å². The van der Waals surface area contributed by atoms with Gasteiger partial charge in [0.25, 0.3) is 5.91 Å². The Hall–Kier alpha value is -3.23. The zero-order valence-electron chi connectivity index (χ0n) is 23.8. The normalized spacial score (nSPS) is 11.3. The Bertz CT molecular complexity index is 1410. The summed E-state index contributed by atoms with van der Waals surface area (Å²) in [6.07, 6.45) is 3.98. The third-order valence-electron chi connectivity index (χ3n) is 6.76. The maximum atomic E-state index is 13.3. The molecule has 1 atom stereocenters. The summed E-state index contributed by atoms with van der Waals surface area (Å²) in [4.78, 5) is 25.1. The monoisotopic (exact) mass is 531 g/mol. The second kappa shape index (κ2) is 14.8. The first-order valence-corrected chi connectivity index (χ1v) is 14.2. The fourth-order valence-electron chi connectivity index (χ4n) is 4.69. The van der Waals surface area contributed by atoms with Crippen molar-refractivity contribution in [3.05, 3.63) is 119 Å². The van der Waals surface area contributed by atoms with Crippen LogP contribution in [0.4, 0.5) is 0 Å². The van der Waals surface area contributed by atoms with Crippen molar-refractivity contribution >= 4 is 23.6 Å². The van der Waals surface area contributed by atoms with E-state index in [-0.39, 0.29) is 26.2 Å². The zero-order chi connectivity index (χ0) is 26.9. The van der Waals surface area contributed by atoms with E-state index in [9.17, 15) is 14.7 Å². The zero-order valence-corrected chi connectivity index (χ0v) is 23.6. The number of carbonyl (C=O) groups is 2. The summed E-state index contributed by atoms with van der Waals surface area (Å²) in [5, 5.41) is 12.4. The molecular formula is C33H34LiNO3S. The van der Waals surface area contributed by atoms with Gasteiger partial charge in [-0.3, -0.25) is 4.79 Å². The molecule has 0 fully saturated rings. The molecule has 0 heterocycles. The van der Waals surface area contributed by atoms with E-state index in [1.54, 1.807) is 11.8 Å². The quantitative estimate of drug-likeness (QED) is 0.285. The van der Waals surface area contributed by atoms with Crippen molar-refractivity contribution in [1.82, 2.24) is 5.32 Å². The fraction of sp³-hybridized carbons (Fsp3) is 0.212. The Labute approximate surface area is 248 Å². The smallest absolute Gasteiger partial charge is 1.00 e. The number of amides is 1. The van der Waals surface area contributed by atoms with Gasteiger partial charge in [0.2, 0.25) is 0 Å². The maximum Gasteiger partial charge on any atom is 1.00 e. The molecule has 4 rings (SSSR count). The molecule has 196 valence electrons. The predicted octanol–water partition coefficient (Wildman–Crippen LogP) is 4.17.